The molecule has 2 N–H and O–H groups in total. The fourth-order valence-electron chi connectivity index (χ4n) is 1.51. The standard InChI is InChI=1S/C11H14N2O2/c1-2-14-9-5-3-8(4-6-9)10-7-13-11(12)15-10/h3-6,10H,2,7H2,1H3,(H2,12,13). The first-order valence-electron chi connectivity index (χ1n) is 4.99. The van der Waals surface area contributed by atoms with Crippen LogP contribution in [0.3, 0.4) is 0 Å². The summed E-state index contributed by atoms with van der Waals surface area (Å²) in [5.41, 5.74) is 6.52. The number of ether oxygens (including phenoxy) is 2. The van der Waals surface area contributed by atoms with Gasteiger partial charge in [0.15, 0.2) is 0 Å². The van der Waals surface area contributed by atoms with E-state index in [1.165, 1.54) is 0 Å². The Morgan fingerprint density at radius 2 is 2.20 bits per heavy atom. The molecule has 0 aliphatic carbocycles. The van der Waals surface area contributed by atoms with Gasteiger partial charge in [-0.15, -0.1) is 0 Å². The molecule has 0 saturated carbocycles. The van der Waals surface area contributed by atoms with E-state index in [4.69, 9.17) is 15.2 Å². The van der Waals surface area contributed by atoms with Crippen molar-refractivity contribution in [1.82, 2.24) is 0 Å². The maximum absolute atomic E-state index is 5.44. The molecule has 4 heteroatoms. The Labute approximate surface area is 88.7 Å². The first-order chi connectivity index (χ1) is 7.29. The topological polar surface area (TPSA) is 56.8 Å². The zero-order valence-corrected chi connectivity index (χ0v) is 8.64. The normalized spacial score (nSPS) is 19.5. The summed E-state index contributed by atoms with van der Waals surface area (Å²) >= 11 is 0. The van der Waals surface area contributed by atoms with Crippen LogP contribution in [0.25, 0.3) is 0 Å². The first-order valence-corrected chi connectivity index (χ1v) is 4.99. The van der Waals surface area contributed by atoms with Crippen molar-refractivity contribution in [2.24, 2.45) is 10.7 Å². The monoisotopic (exact) mass is 206 g/mol. The lowest BCUT2D eigenvalue weighted by atomic mass is 10.1. The molecule has 0 aromatic heterocycles. The van der Waals surface area contributed by atoms with Gasteiger partial charge in [-0.2, -0.15) is 0 Å². The molecule has 15 heavy (non-hydrogen) atoms. The molecular weight excluding hydrogens is 192 g/mol. The smallest absolute Gasteiger partial charge is 0.282 e. The van der Waals surface area contributed by atoms with Crippen LogP contribution in [-0.2, 0) is 4.74 Å². The van der Waals surface area contributed by atoms with E-state index in [0.717, 1.165) is 11.3 Å². The molecule has 1 aromatic rings. The summed E-state index contributed by atoms with van der Waals surface area (Å²) in [6.45, 7) is 3.23. The van der Waals surface area contributed by atoms with E-state index in [-0.39, 0.29) is 12.1 Å². The molecule has 0 fully saturated rings. The molecule has 1 aliphatic heterocycles. The van der Waals surface area contributed by atoms with Gasteiger partial charge in [0.25, 0.3) is 6.02 Å². The predicted octanol–water partition coefficient (Wildman–Crippen LogP) is 1.47. The van der Waals surface area contributed by atoms with Gasteiger partial charge in [-0.3, -0.25) is 0 Å². The van der Waals surface area contributed by atoms with Crippen LogP contribution in [0, 0.1) is 0 Å². The Bertz CT molecular complexity index is 359. The van der Waals surface area contributed by atoms with E-state index in [0.29, 0.717) is 13.2 Å². The third-order valence-electron chi connectivity index (χ3n) is 2.24. The second-order valence-corrected chi connectivity index (χ2v) is 3.29. The minimum absolute atomic E-state index is 0.0410. The summed E-state index contributed by atoms with van der Waals surface area (Å²) in [5, 5.41) is 0. The van der Waals surface area contributed by atoms with Crippen molar-refractivity contribution in [2.75, 3.05) is 13.2 Å². The van der Waals surface area contributed by atoms with Gasteiger partial charge < -0.3 is 15.2 Å². The molecule has 4 nitrogen and oxygen atoms in total. The molecular formula is C11H14N2O2. The average Bonchev–Trinajstić information content (AvgIpc) is 2.67. The highest BCUT2D eigenvalue weighted by atomic mass is 16.5. The van der Waals surface area contributed by atoms with Gasteiger partial charge in [-0.05, 0) is 24.6 Å². The van der Waals surface area contributed by atoms with Gasteiger partial charge >= 0.3 is 0 Å². The molecule has 1 aliphatic rings. The third kappa shape index (κ3) is 2.21. The number of nitrogens with two attached hydrogens (primary N) is 1. The van der Waals surface area contributed by atoms with E-state index >= 15 is 0 Å². The van der Waals surface area contributed by atoms with Gasteiger partial charge in [0.05, 0.1) is 13.2 Å². The Morgan fingerprint density at radius 3 is 2.73 bits per heavy atom. The summed E-state index contributed by atoms with van der Waals surface area (Å²) < 4.78 is 10.7. The zero-order valence-electron chi connectivity index (χ0n) is 8.64. The highest BCUT2D eigenvalue weighted by molar-refractivity contribution is 5.73. The van der Waals surface area contributed by atoms with Crippen LogP contribution in [0.2, 0.25) is 0 Å². The summed E-state index contributed by atoms with van der Waals surface area (Å²) in [4.78, 5) is 3.99. The highest BCUT2D eigenvalue weighted by Crippen LogP contribution is 2.23. The van der Waals surface area contributed by atoms with Gasteiger partial charge in [-0.1, -0.05) is 12.1 Å². The van der Waals surface area contributed by atoms with Crippen molar-refractivity contribution < 1.29 is 9.47 Å². The van der Waals surface area contributed by atoms with Crippen LogP contribution >= 0.6 is 0 Å². The summed E-state index contributed by atoms with van der Waals surface area (Å²) in [6, 6.07) is 8.08. The summed E-state index contributed by atoms with van der Waals surface area (Å²) in [6.07, 6.45) is -0.0410. The van der Waals surface area contributed by atoms with E-state index in [1.807, 2.05) is 31.2 Å². The van der Waals surface area contributed by atoms with Crippen molar-refractivity contribution in [3.63, 3.8) is 0 Å². The van der Waals surface area contributed by atoms with Gasteiger partial charge in [0.1, 0.15) is 11.9 Å². The van der Waals surface area contributed by atoms with E-state index in [9.17, 15) is 0 Å². The lowest BCUT2D eigenvalue weighted by molar-refractivity contribution is 0.226. The number of aliphatic imine (C=N–C) groups is 1. The zero-order chi connectivity index (χ0) is 10.7. The van der Waals surface area contributed by atoms with Crippen molar-refractivity contribution in [1.29, 1.82) is 0 Å². The number of rotatable bonds is 3. The van der Waals surface area contributed by atoms with E-state index in [1.54, 1.807) is 0 Å². The average molecular weight is 206 g/mol. The predicted molar refractivity (Wildman–Crippen MR) is 57.9 cm³/mol. The van der Waals surface area contributed by atoms with Crippen LogP contribution in [0.1, 0.15) is 18.6 Å². The Kier molecular flexibility index (Phi) is 2.76. The van der Waals surface area contributed by atoms with E-state index < -0.39 is 0 Å². The first kappa shape index (κ1) is 9.83. The molecule has 0 bridgehead atoms. The summed E-state index contributed by atoms with van der Waals surface area (Å²) in [7, 11) is 0. The van der Waals surface area contributed by atoms with Crippen LogP contribution in [0.4, 0.5) is 0 Å². The number of amidine groups is 1. The summed E-state index contributed by atoms with van der Waals surface area (Å²) in [5.74, 6) is 0.869. The van der Waals surface area contributed by atoms with E-state index in [2.05, 4.69) is 4.99 Å². The SMILES string of the molecule is CCOc1ccc(C2CN=C(N)O2)cc1. The van der Waals surface area contributed by atoms with Crippen molar-refractivity contribution in [3.8, 4) is 5.75 Å². The largest absolute Gasteiger partial charge is 0.494 e. The minimum atomic E-state index is -0.0410. The second kappa shape index (κ2) is 4.21. The lowest BCUT2D eigenvalue weighted by Gasteiger charge is -2.10. The fraction of sp³-hybridized carbons (Fsp3) is 0.364. The van der Waals surface area contributed by atoms with Crippen molar-refractivity contribution in [3.05, 3.63) is 29.8 Å². The van der Waals surface area contributed by atoms with Gasteiger partial charge in [-0.25, -0.2) is 4.99 Å². The number of hydrogen-bond acceptors (Lipinski definition) is 4. The number of nitrogens with zero attached hydrogens (tertiary/aromatic N) is 1. The van der Waals surface area contributed by atoms with Crippen LogP contribution in [0.5, 0.6) is 5.75 Å². The third-order valence-corrected chi connectivity index (χ3v) is 2.24. The van der Waals surface area contributed by atoms with Crippen LogP contribution < -0.4 is 10.5 Å². The molecule has 80 valence electrons. The van der Waals surface area contributed by atoms with Crippen molar-refractivity contribution >= 4 is 6.02 Å². The molecule has 0 amide bonds. The Morgan fingerprint density at radius 1 is 1.47 bits per heavy atom. The van der Waals surface area contributed by atoms with Crippen LogP contribution in [-0.4, -0.2) is 19.2 Å². The molecule has 1 aromatic carbocycles. The second-order valence-electron chi connectivity index (χ2n) is 3.29. The molecule has 0 saturated heterocycles. The minimum Gasteiger partial charge on any atom is -0.494 e. The van der Waals surface area contributed by atoms with Gasteiger partial charge in [0, 0.05) is 0 Å². The molecule has 2 rings (SSSR count). The quantitative estimate of drug-likeness (QED) is 0.814. The molecule has 1 unspecified atom stereocenters. The maximum Gasteiger partial charge on any atom is 0.282 e. The lowest BCUT2D eigenvalue weighted by Crippen LogP contribution is -2.13. The molecule has 1 atom stereocenters. The molecule has 1 heterocycles. The van der Waals surface area contributed by atoms with Crippen LogP contribution in [0.15, 0.2) is 29.3 Å². The van der Waals surface area contributed by atoms with Crippen molar-refractivity contribution in [2.45, 2.75) is 13.0 Å². The number of benzene rings is 1. The van der Waals surface area contributed by atoms with Gasteiger partial charge in [0.2, 0.25) is 0 Å². The number of hydrogen-bond donors (Lipinski definition) is 1. The fourth-order valence-corrected chi connectivity index (χ4v) is 1.51. The Hall–Kier alpha value is -1.71. The Balaban J connectivity index is 2.04. The highest BCUT2D eigenvalue weighted by Gasteiger charge is 2.19. The maximum atomic E-state index is 5.44. The molecule has 0 radical (unpaired) electrons. The molecule has 0 spiro atoms.